The minimum absolute atomic E-state index is 1.24. The van der Waals surface area contributed by atoms with E-state index < -0.39 is 0 Å². The van der Waals surface area contributed by atoms with Crippen molar-refractivity contribution in [1.29, 1.82) is 0 Å². The predicted octanol–water partition coefficient (Wildman–Crippen LogP) is 14.1. The topological polar surface area (TPSA) is 0 Å². The number of hydrogen-bond acceptors (Lipinski definition) is 0. The van der Waals surface area contributed by atoms with E-state index in [1.165, 1.54) is 110 Å². The first-order valence-electron chi connectivity index (χ1n) is 17.5. The summed E-state index contributed by atoms with van der Waals surface area (Å²) < 4.78 is 0. The fourth-order valence-corrected chi connectivity index (χ4v) is 8.61. The van der Waals surface area contributed by atoms with Gasteiger partial charge in [-0.3, -0.25) is 0 Å². The molecule has 0 saturated carbocycles. The highest BCUT2D eigenvalue weighted by molar-refractivity contribution is 6.30. The molecule has 1 aliphatic rings. The average molecular weight is 635 g/mol. The van der Waals surface area contributed by atoms with Crippen LogP contribution in [0.5, 0.6) is 0 Å². The number of benzene rings is 9. The monoisotopic (exact) mass is 634 g/mol. The van der Waals surface area contributed by atoms with Crippen LogP contribution < -0.4 is 0 Å². The molecule has 0 heteroatoms. The van der Waals surface area contributed by atoms with Gasteiger partial charge in [-0.1, -0.05) is 158 Å². The van der Waals surface area contributed by atoms with E-state index in [4.69, 9.17) is 0 Å². The first-order valence-corrected chi connectivity index (χ1v) is 17.5. The van der Waals surface area contributed by atoms with Gasteiger partial charge in [0.2, 0.25) is 0 Å². The summed E-state index contributed by atoms with van der Waals surface area (Å²) in [7, 11) is 0. The van der Waals surface area contributed by atoms with Gasteiger partial charge < -0.3 is 0 Å². The SMILES string of the molecule is Cc1ccc2c(-c3ccc4cc(-c5ccccc5)ccc4c3)cc(C)c3c2c1-c1c-3c(-c2ccccc2)c2ccccc2c1-c1ccccc1. The van der Waals surface area contributed by atoms with Gasteiger partial charge in [-0.2, -0.15) is 0 Å². The second kappa shape index (κ2) is 11.2. The lowest BCUT2D eigenvalue weighted by molar-refractivity contribution is 1.49. The van der Waals surface area contributed by atoms with Gasteiger partial charge in [0.15, 0.2) is 0 Å². The van der Waals surface area contributed by atoms with Gasteiger partial charge in [0.1, 0.15) is 0 Å². The highest BCUT2D eigenvalue weighted by Gasteiger charge is 2.33. The maximum absolute atomic E-state index is 2.44. The van der Waals surface area contributed by atoms with Gasteiger partial charge in [-0.05, 0) is 136 Å². The third kappa shape index (κ3) is 4.25. The van der Waals surface area contributed by atoms with Crippen molar-refractivity contribution in [3.63, 3.8) is 0 Å². The van der Waals surface area contributed by atoms with E-state index in [1.807, 2.05) is 0 Å². The quantitative estimate of drug-likeness (QED) is 0.181. The van der Waals surface area contributed by atoms with Crippen molar-refractivity contribution in [2.24, 2.45) is 0 Å². The zero-order valence-electron chi connectivity index (χ0n) is 28.2. The molecule has 0 aliphatic heterocycles. The van der Waals surface area contributed by atoms with E-state index in [9.17, 15) is 0 Å². The van der Waals surface area contributed by atoms with Gasteiger partial charge >= 0.3 is 0 Å². The lowest BCUT2D eigenvalue weighted by atomic mass is 9.81. The molecule has 0 nitrogen and oxygen atoms in total. The Morgan fingerprint density at radius 2 is 0.760 bits per heavy atom. The highest BCUT2D eigenvalue weighted by Crippen LogP contribution is 2.60. The van der Waals surface area contributed by atoms with Gasteiger partial charge in [0.05, 0.1) is 0 Å². The van der Waals surface area contributed by atoms with Crippen molar-refractivity contribution in [1.82, 2.24) is 0 Å². The van der Waals surface area contributed by atoms with Crippen molar-refractivity contribution >= 4 is 32.3 Å². The van der Waals surface area contributed by atoms with Crippen LogP contribution in [0.1, 0.15) is 11.1 Å². The standard InChI is InChI=1S/C50H34/c1-31-22-27-42-43(39-26-25-37-29-36(23-24-38(37)30-39)33-14-6-3-7-15-33)28-32(2)45-48(42)44(31)49-46(34-16-8-4-9-17-34)40-20-12-13-21-41(40)47(50(45)49)35-18-10-5-11-19-35/h3-30H,1-2H3. The Morgan fingerprint density at radius 1 is 0.280 bits per heavy atom. The van der Waals surface area contributed by atoms with Crippen LogP contribution in [0.4, 0.5) is 0 Å². The van der Waals surface area contributed by atoms with E-state index in [0.29, 0.717) is 0 Å². The number of fused-ring (bicyclic) bond motifs is 5. The summed E-state index contributed by atoms with van der Waals surface area (Å²) in [5.41, 5.74) is 18.3. The fourth-order valence-electron chi connectivity index (χ4n) is 8.61. The molecule has 0 bridgehead atoms. The maximum atomic E-state index is 2.44. The average Bonchev–Trinajstić information content (AvgIpc) is 3.53. The van der Waals surface area contributed by atoms with Crippen molar-refractivity contribution in [2.45, 2.75) is 13.8 Å². The van der Waals surface area contributed by atoms with Crippen LogP contribution in [-0.2, 0) is 0 Å². The second-order valence-electron chi connectivity index (χ2n) is 13.7. The molecule has 0 unspecified atom stereocenters. The molecule has 9 aromatic rings. The van der Waals surface area contributed by atoms with E-state index in [2.05, 4.69) is 184 Å². The Kier molecular flexibility index (Phi) is 6.41. The Morgan fingerprint density at radius 3 is 1.34 bits per heavy atom. The molecule has 0 atom stereocenters. The van der Waals surface area contributed by atoms with Crippen LogP contribution in [0, 0.1) is 13.8 Å². The summed E-state index contributed by atoms with van der Waals surface area (Å²) in [6, 6.07) is 62.7. The van der Waals surface area contributed by atoms with Crippen LogP contribution in [0.2, 0.25) is 0 Å². The minimum Gasteiger partial charge on any atom is -0.0622 e. The summed E-state index contributed by atoms with van der Waals surface area (Å²) in [5, 5.41) is 7.79. The predicted molar refractivity (Wildman–Crippen MR) is 215 cm³/mol. The molecule has 0 saturated heterocycles. The van der Waals surface area contributed by atoms with Crippen molar-refractivity contribution in [2.75, 3.05) is 0 Å². The molecule has 0 heterocycles. The summed E-state index contributed by atoms with van der Waals surface area (Å²) in [6.07, 6.45) is 0. The summed E-state index contributed by atoms with van der Waals surface area (Å²) in [5.74, 6) is 0. The Labute approximate surface area is 292 Å². The molecule has 1 aliphatic carbocycles. The molecule has 50 heavy (non-hydrogen) atoms. The Hall–Kier alpha value is -6.24. The fraction of sp³-hybridized carbons (Fsp3) is 0.0400. The van der Waals surface area contributed by atoms with Crippen LogP contribution in [0.15, 0.2) is 170 Å². The normalized spacial score (nSPS) is 11.8. The molecule has 9 aromatic carbocycles. The molecule has 0 spiro atoms. The first kappa shape index (κ1) is 28.7. The second-order valence-corrected chi connectivity index (χ2v) is 13.7. The molecular formula is C50H34. The number of aryl methyl sites for hydroxylation is 2. The molecule has 0 N–H and O–H groups in total. The third-order valence-electron chi connectivity index (χ3n) is 10.8. The van der Waals surface area contributed by atoms with Crippen LogP contribution in [0.3, 0.4) is 0 Å². The molecule has 0 amide bonds. The van der Waals surface area contributed by atoms with Gasteiger partial charge in [0.25, 0.3) is 0 Å². The maximum Gasteiger partial charge on any atom is -0.000464 e. The van der Waals surface area contributed by atoms with Crippen molar-refractivity contribution < 1.29 is 0 Å². The van der Waals surface area contributed by atoms with E-state index >= 15 is 0 Å². The van der Waals surface area contributed by atoms with Crippen LogP contribution in [0.25, 0.3) is 99.1 Å². The van der Waals surface area contributed by atoms with Gasteiger partial charge in [0, 0.05) is 0 Å². The zero-order chi connectivity index (χ0) is 33.3. The largest absolute Gasteiger partial charge is 0.0622 e. The molecule has 10 rings (SSSR count). The van der Waals surface area contributed by atoms with Crippen LogP contribution >= 0.6 is 0 Å². The Bertz CT molecular complexity index is 2700. The van der Waals surface area contributed by atoms with Gasteiger partial charge in [-0.25, -0.2) is 0 Å². The lowest BCUT2D eigenvalue weighted by Gasteiger charge is -2.21. The third-order valence-corrected chi connectivity index (χ3v) is 10.8. The molecular weight excluding hydrogens is 601 g/mol. The summed E-state index contributed by atoms with van der Waals surface area (Å²) >= 11 is 0. The zero-order valence-corrected chi connectivity index (χ0v) is 28.2. The minimum atomic E-state index is 1.24. The molecule has 0 radical (unpaired) electrons. The Balaban J connectivity index is 1.28. The number of rotatable bonds is 4. The molecule has 0 aromatic heterocycles. The lowest BCUT2D eigenvalue weighted by Crippen LogP contribution is -1.94. The first-order chi connectivity index (χ1) is 24.7. The summed E-state index contributed by atoms with van der Waals surface area (Å²) in [4.78, 5) is 0. The summed E-state index contributed by atoms with van der Waals surface area (Å²) in [6.45, 7) is 4.61. The van der Waals surface area contributed by atoms with Crippen molar-refractivity contribution in [3.8, 4) is 66.8 Å². The van der Waals surface area contributed by atoms with E-state index in [-0.39, 0.29) is 0 Å². The van der Waals surface area contributed by atoms with E-state index in [1.54, 1.807) is 0 Å². The molecule has 0 fully saturated rings. The molecule has 234 valence electrons. The highest BCUT2D eigenvalue weighted by atomic mass is 14.4. The van der Waals surface area contributed by atoms with Gasteiger partial charge in [-0.15, -0.1) is 0 Å². The smallest absolute Gasteiger partial charge is 0.000464 e. The van der Waals surface area contributed by atoms with Crippen molar-refractivity contribution in [3.05, 3.63) is 181 Å². The van der Waals surface area contributed by atoms with Crippen LogP contribution in [-0.4, -0.2) is 0 Å². The number of hydrogen-bond donors (Lipinski definition) is 0. The van der Waals surface area contributed by atoms with E-state index in [0.717, 1.165) is 0 Å².